The van der Waals surface area contributed by atoms with Crippen LogP contribution in [0.5, 0.6) is 0 Å². The Morgan fingerprint density at radius 2 is 1.63 bits per heavy atom. The lowest BCUT2D eigenvalue weighted by Gasteiger charge is -2.37. The summed E-state index contributed by atoms with van der Waals surface area (Å²) in [7, 11) is 2.13. The van der Waals surface area contributed by atoms with Gasteiger partial charge >= 0.3 is 12.4 Å². The number of fused-ring (bicyclic) bond motifs is 2. The molecule has 0 aromatic heterocycles. The van der Waals surface area contributed by atoms with Crippen LogP contribution in [0.15, 0.2) is 52.3 Å². The van der Waals surface area contributed by atoms with Gasteiger partial charge < -0.3 is 19.9 Å². The van der Waals surface area contributed by atoms with Crippen LogP contribution in [-0.4, -0.2) is 67.2 Å². The first kappa shape index (κ1) is 29.8. The van der Waals surface area contributed by atoms with E-state index in [-0.39, 0.29) is 32.3 Å². The number of hydrogen-bond donors (Lipinski definition) is 1. The number of anilines is 1. The summed E-state index contributed by atoms with van der Waals surface area (Å²) in [5, 5.41) is 3.48. The predicted octanol–water partition coefficient (Wildman–Crippen LogP) is 6.78. The summed E-state index contributed by atoms with van der Waals surface area (Å²) in [6.45, 7) is 1.08. The van der Waals surface area contributed by atoms with Gasteiger partial charge in [0.2, 0.25) is 5.91 Å². The van der Waals surface area contributed by atoms with Gasteiger partial charge in [0.1, 0.15) is 0 Å². The maximum atomic E-state index is 14.3. The van der Waals surface area contributed by atoms with E-state index in [4.69, 9.17) is 4.74 Å². The highest BCUT2D eigenvalue weighted by molar-refractivity contribution is 7.99. The Kier molecular flexibility index (Phi) is 8.63. The van der Waals surface area contributed by atoms with Crippen molar-refractivity contribution in [2.24, 2.45) is 0 Å². The number of carbonyl (C=O) groups excluding carboxylic acids is 1. The Morgan fingerprint density at radius 3 is 2.27 bits per heavy atom. The second-order valence-corrected chi connectivity index (χ2v) is 11.8. The van der Waals surface area contributed by atoms with Gasteiger partial charge in [-0.1, -0.05) is 23.9 Å². The first-order valence-electron chi connectivity index (χ1n) is 13.5. The molecule has 3 aliphatic heterocycles. The standard InChI is InChI=1S/C29H31F6N3O2S/c1-37-21-7-8-22(37)16-20(15-21)36-19-3-2-4-23(17-19)41-24-9-5-18(6-10-25(39)38-11-13-40-14-12-38)26(28(30,31)32)27(24)29(33,34)35/h2-6,9-10,17,20-22,36H,7-8,11-16H2,1H3. The summed E-state index contributed by atoms with van der Waals surface area (Å²) in [5.74, 6) is -0.588. The summed E-state index contributed by atoms with van der Waals surface area (Å²) in [6, 6.07) is 9.99. The van der Waals surface area contributed by atoms with Crippen LogP contribution in [0.1, 0.15) is 42.4 Å². The molecule has 0 spiro atoms. The third-order valence-corrected chi connectivity index (χ3v) is 9.08. The van der Waals surface area contributed by atoms with E-state index in [0.717, 1.165) is 55.7 Å². The number of carbonyl (C=O) groups is 1. The molecule has 41 heavy (non-hydrogen) atoms. The van der Waals surface area contributed by atoms with Crippen LogP contribution >= 0.6 is 11.8 Å². The zero-order chi connectivity index (χ0) is 29.4. The Hall–Kier alpha value is -2.70. The zero-order valence-electron chi connectivity index (χ0n) is 22.4. The van der Waals surface area contributed by atoms with Crippen molar-refractivity contribution in [1.29, 1.82) is 0 Å². The summed E-state index contributed by atoms with van der Waals surface area (Å²) in [4.78, 5) is 16.0. The molecule has 5 rings (SSSR count). The molecule has 2 bridgehead atoms. The smallest absolute Gasteiger partial charge is 0.382 e. The van der Waals surface area contributed by atoms with Crippen LogP contribution in [0.4, 0.5) is 32.0 Å². The molecule has 1 N–H and O–H groups in total. The average Bonchev–Trinajstić information content (AvgIpc) is 3.11. The molecule has 2 atom stereocenters. The molecular weight excluding hydrogens is 568 g/mol. The fourth-order valence-electron chi connectivity index (χ4n) is 6.00. The van der Waals surface area contributed by atoms with Crippen LogP contribution < -0.4 is 5.32 Å². The number of piperidine rings is 1. The number of amides is 1. The van der Waals surface area contributed by atoms with Crippen molar-refractivity contribution in [1.82, 2.24) is 9.80 Å². The minimum atomic E-state index is -5.31. The van der Waals surface area contributed by atoms with Gasteiger partial charge in [0.05, 0.1) is 24.3 Å². The van der Waals surface area contributed by atoms with Crippen LogP contribution in [0.2, 0.25) is 0 Å². The lowest BCUT2D eigenvalue weighted by atomic mass is 9.98. The molecule has 222 valence electrons. The van der Waals surface area contributed by atoms with E-state index in [2.05, 4.69) is 17.3 Å². The number of hydrogen-bond acceptors (Lipinski definition) is 5. The average molecular weight is 600 g/mol. The molecule has 5 nitrogen and oxygen atoms in total. The number of morpholine rings is 1. The lowest BCUT2D eigenvalue weighted by Crippen LogP contribution is -2.44. The Morgan fingerprint density at radius 1 is 0.976 bits per heavy atom. The van der Waals surface area contributed by atoms with E-state index in [1.807, 2.05) is 6.07 Å². The second-order valence-electron chi connectivity index (χ2n) is 10.7. The number of halogens is 6. The molecule has 0 saturated carbocycles. The van der Waals surface area contributed by atoms with E-state index in [9.17, 15) is 31.1 Å². The van der Waals surface area contributed by atoms with Crippen LogP contribution in [0.25, 0.3) is 6.08 Å². The van der Waals surface area contributed by atoms with Gasteiger partial charge in [-0.25, -0.2) is 0 Å². The van der Waals surface area contributed by atoms with Gasteiger partial charge in [0, 0.05) is 52.8 Å². The van der Waals surface area contributed by atoms with E-state index < -0.39 is 39.8 Å². The first-order chi connectivity index (χ1) is 19.4. The normalized spacial score (nSPS) is 23.8. The highest BCUT2D eigenvalue weighted by Gasteiger charge is 2.46. The molecule has 1 amide bonds. The minimum Gasteiger partial charge on any atom is -0.382 e. The SMILES string of the molecule is CN1C2CCC1CC(Nc1cccc(Sc3ccc(C=CC(=O)N4CCOCC4)c(C(F)(F)F)c3C(F)(F)F)c1)C2. The summed E-state index contributed by atoms with van der Waals surface area (Å²) in [6.07, 6.45) is -4.69. The van der Waals surface area contributed by atoms with Crippen molar-refractivity contribution in [2.75, 3.05) is 38.7 Å². The van der Waals surface area contributed by atoms with Gasteiger partial charge in [-0.2, -0.15) is 26.3 Å². The molecule has 3 heterocycles. The van der Waals surface area contributed by atoms with E-state index in [1.165, 1.54) is 4.90 Å². The van der Waals surface area contributed by atoms with Gasteiger partial charge in [0.15, 0.2) is 0 Å². The van der Waals surface area contributed by atoms with Crippen LogP contribution in [0.3, 0.4) is 0 Å². The molecule has 12 heteroatoms. The minimum absolute atomic E-state index is 0.220. The van der Waals surface area contributed by atoms with Gasteiger partial charge in [0.25, 0.3) is 0 Å². The number of alkyl halides is 6. The van der Waals surface area contributed by atoms with E-state index in [1.54, 1.807) is 18.2 Å². The summed E-state index contributed by atoms with van der Waals surface area (Å²) in [5.41, 5.74) is -3.57. The molecule has 0 aliphatic carbocycles. The molecular formula is C29H31F6N3O2S. The number of nitrogens with zero attached hydrogens (tertiary/aromatic N) is 2. The largest absolute Gasteiger partial charge is 0.418 e. The van der Waals surface area contributed by atoms with E-state index in [0.29, 0.717) is 28.7 Å². The molecule has 3 fully saturated rings. The number of benzene rings is 2. The molecule has 2 aromatic carbocycles. The number of nitrogens with one attached hydrogen (secondary N) is 1. The molecule has 3 aliphatic rings. The highest BCUT2D eigenvalue weighted by atomic mass is 32.2. The Labute approximate surface area is 238 Å². The quantitative estimate of drug-likeness (QED) is 0.293. The number of rotatable bonds is 6. The lowest BCUT2D eigenvalue weighted by molar-refractivity contribution is -0.163. The highest BCUT2D eigenvalue weighted by Crippen LogP contribution is 2.48. The fourth-order valence-corrected chi connectivity index (χ4v) is 7.04. The second kappa shape index (κ2) is 11.9. The van der Waals surface area contributed by atoms with Crippen molar-refractivity contribution in [3.63, 3.8) is 0 Å². The topological polar surface area (TPSA) is 44.8 Å². The van der Waals surface area contributed by atoms with Crippen molar-refractivity contribution < 1.29 is 35.9 Å². The van der Waals surface area contributed by atoms with Crippen molar-refractivity contribution in [3.05, 3.63) is 59.2 Å². The van der Waals surface area contributed by atoms with Crippen molar-refractivity contribution in [3.8, 4) is 0 Å². The summed E-state index contributed by atoms with van der Waals surface area (Å²) < 4.78 is 90.5. The third kappa shape index (κ3) is 6.86. The monoisotopic (exact) mass is 599 g/mol. The Balaban J connectivity index is 1.41. The molecule has 0 radical (unpaired) electrons. The molecule has 3 saturated heterocycles. The van der Waals surface area contributed by atoms with E-state index >= 15 is 0 Å². The van der Waals surface area contributed by atoms with Crippen LogP contribution in [0, 0.1) is 0 Å². The van der Waals surface area contributed by atoms with Gasteiger partial charge in [-0.05, 0) is 68.6 Å². The van der Waals surface area contributed by atoms with Gasteiger partial charge in [-0.3, -0.25) is 4.79 Å². The summed E-state index contributed by atoms with van der Waals surface area (Å²) >= 11 is 0.636. The molecule has 2 unspecified atom stereocenters. The fraction of sp³-hybridized carbons (Fsp3) is 0.483. The Bertz CT molecular complexity index is 1280. The maximum Gasteiger partial charge on any atom is 0.418 e. The predicted molar refractivity (Wildman–Crippen MR) is 145 cm³/mol. The van der Waals surface area contributed by atoms with Crippen molar-refractivity contribution in [2.45, 2.75) is 66.0 Å². The van der Waals surface area contributed by atoms with Gasteiger partial charge in [-0.15, -0.1) is 0 Å². The number of ether oxygens (including phenoxy) is 1. The van der Waals surface area contributed by atoms with Crippen LogP contribution in [-0.2, 0) is 21.9 Å². The third-order valence-electron chi connectivity index (χ3n) is 8.03. The molecule has 2 aromatic rings. The maximum absolute atomic E-state index is 14.3. The zero-order valence-corrected chi connectivity index (χ0v) is 23.2. The van der Waals surface area contributed by atoms with Crippen molar-refractivity contribution >= 4 is 29.4 Å². The first-order valence-corrected chi connectivity index (χ1v) is 14.3.